The van der Waals surface area contributed by atoms with E-state index in [1.807, 2.05) is 72.8 Å². The third kappa shape index (κ3) is 3.41. The number of thioether (sulfide) groups is 1. The van der Waals surface area contributed by atoms with E-state index in [1.54, 1.807) is 7.11 Å². The standard InChI is InChI=1S/C21H20N4O2S/c1-13-11-19-23-24-21(25(19)18-12-16(27-3)9-10-17(13)18)28-14(2)20(26)22-15-7-5-4-6-8-15/h4-12,14H,1-3H3,(H,22,26). The fourth-order valence-electron chi connectivity index (χ4n) is 3.08. The van der Waals surface area contributed by atoms with Crippen molar-refractivity contribution in [2.45, 2.75) is 24.3 Å². The molecule has 0 radical (unpaired) electrons. The van der Waals surface area contributed by atoms with Crippen LogP contribution in [0.3, 0.4) is 0 Å². The van der Waals surface area contributed by atoms with Crippen LogP contribution in [0.15, 0.2) is 59.8 Å². The Balaban J connectivity index is 1.69. The molecule has 0 saturated heterocycles. The zero-order chi connectivity index (χ0) is 19.7. The summed E-state index contributed by atoms with van der Waals surface area (Å²) in [6.45, 7) is 3.91. The summed E-state index contributed by atoms with van der Waals surface area (Å²) in [7, 11) is 1.64. The number of hydrogen-bond acceptors (Lipinski definition) is 5. The van der Waals surface area contributed by atoms with Crippen molar-refractivity contribution in [3.8, 4) is 5.75 Å². The van der Waals surface area contributed by atoms with Gasteiger partial charge < -0.3 is 10.1 Å². The minimum absolute atomic E-state index is 0.0815. The first-order chi connectivity index (χ1) is 13.6. The maximum Gasteiger partial charge on any atom is 0.237 e. The number of hydrogen-bond donors (Lipinski definition) is 1. The number of benzene rings is 2. The first-order valence-electron chi connectivity index (χ1n) is 8.92. The van der Waals surface area contributed by atoms with Crippen LogP contribution in [0.2, 0.25) is 0 Å². The third-order valence-electron chi connectivity index (χ3n) is 4.57. The van der Waals surface area contributed by atoms with Gasteiger partial charge in [-0.1, -0.05) is 30.0 Å². The van der Waals surface area contributed by atoms with E-state index in [-0.39, 0.29) is 11.2 Å². The second kappa shape index (κ2) is 7.52. The molecule has 28 heavy (non-hydrogen) atoms. The first-order valence-corrected chi connectivity index (χ1v) is 9.80. The predicted octanol–water partition coefficient (Wildman–Crippen LogP) is 4.32. The van der Waals surface area contributed by atoms with Gasteiger partial charge >= 0.3 is 0 Å². The Morgan fingerprint density at radius 2 is 1.93 bits per heavy atom. The topological polar surface area (TPSA) is 68.5 Å². The zero-order valence-electron chi connectivity index (χ0n) is 15.8. The average molecular weight is 392 g/mol. The van der Waals surface area contributed by atoms with E-state index in [0.717, 1.165) is 33.6 Å². The van der Waals surface area contributed by atoms with E-state index in [2.05, 4.69) is 15.5 Å². The third-order valence-corrected chi connectivity index (χ3v) is 5.61. The normalized spacial score (nSPS) is 12.2. The minimum atomic E-state index is -0.338. The Morgan fingerprint density at radius 1 is 1.14 bits per heavy atom. The van der Waals surface area contributed by atoms with E-state index < -0.39 is 0 Å². The molecule has 1 atom stereocenters. The number of pyridine rings is 1. The van der Waals surface area contributed by atoms with Crippen molar-refractivity contribution in [3.05, 3.63) is 60.2 Å². The maximum atomic E-state index is 12.6. The van der Waals surface area contributed by atoms with Crippen LogP contribution in [0, 0.1) is 6.92 Å². The number of para-hydroxylation sites is 1. The number of anilines is 1. The second-order valence-corrected chi connectivity index (χ2v) is 7.81. The van der Waals surface area contributed by atoms with Crippen LogP contribution in [-0.4, -0.2) is 32.9 Å². The molecule has 0 aliphatic carbocycles. The summed E-state index contributed by atoms with van der Waals surface area (Å²) in [5.74, 6) is 0.681. The lowest BCUT2D eigenvalue weighted by Crippen LogP contribution is -2.22. The quantitative estimate of drug-likeness (QED) is 0.512. The van der Waals surface area contributed by atoms with Crippen LogP contribution < -0.4 is 10.1 Å². The highest BCUT2D eigenvalue weighted by molar-refractivity contribution is 8.00. The summed E-state index contributed by atoms with van der Waals surface area (Å²) in [5.41, 5.74) is 3.59. The van der Waals surface area contributed by atoms with Crippen molar-refractivity contribution in [1.82, 2.24) is 14.6 Å². The van der Waals surface area contributed by atoms with Gasteiger partial charge in [0, 0.05) is 17.1 Å². The van der Waals surface area contributed by atoms with Gasteiger partial charge in [-0.05, 0) is 49.7 Å². The smallest absolute Gasteiger partial charge is 0.237 e. The highest BCUT2D eigenvalue weighted by Gasteiger charge is 2.19. The number of ether oxygens (including phenoxy) is 1. The molecular formula is C21H20N4O2S. The Hall–Kier alpha value is -3.06. The molecular weight excluding hydrogens is 372 g/mol. The van der Waals surface area contributed by atoms with Crippen molar-refractivity contribution in [3.63, 3.8) is 0 Å². The SMILES string of the molecule is COc1ccc2c(C)cc3nnc(SC(C)C(=O)Nc4ccccc4)n3c2c1. The Morgan fingerprint density at radius 3 is 2.68 bits per heavy atom. The van der Waals surface area contributed by atoms with Crippen molar-refractivity contribution in [2.24, 2.45) is 0 Å². The highest BCUT2D eigenvalue weighted by Crippen LogP contribution is 2.30. The zero-order valence-corrected chi connectivity index (χ0v) is 16.7. The fraction of sp³-hybridized carbons (Fsp3) is 0.190. The van der Waals surface area contributed by atoms with Gasteiger partial charge in [-0.15, -0.1) is 10.2 Å². The van der Waals surface area contributed by atoms with E-state index in [9.17, 15) is 4.79 Å². The molecule has 2 aromatic carbocycles. The van der Waals surface area contributed by atoms with Gasteiger partial charge in [0.05, 0.1) is 17.9 Å². The summed E-state index contributed by atoms with van der Waals surface area (Å²) in [6, 6.07) is 17.4. The van der Waals surface area contributed by atoms with Crippen LogP contribution in [-0.2, 0) is 4.79 Å². The second-order valence-electron chi connectivity index (χ2n) is 6.50. The first kappa shape index (κ1) is 18.3. The molecule has 0 bridgehead atoms. The number of nitrogens with one attached hydrogen (secondary N) is 1. The Kier molecular flexibility index (Phi) is 4.92. The maximum absolute atomic E-state index is 12.6. The minimum Gasteiger partial charge on any atom is -0.497 e. The van der Waals surface area contributed by atoms with Crippen LogP contribution >= 0.6 is 11.8 Å². The summed E-state index contributed by atoms with van der Waals surface area (Å²) in [4.78, 5) is 12.6. The van der Waals surface area contributed by atoms with Gasteiger partial charge in [0.25, 0.3) is 0 Å². The number of rotatable bonds is 5. The molecule has 0 fully saturated rings. The van der Waals surface area contributed by atoms with Crippen molar-refractivity contribution in [2.75, 3.05) is 12.4 Å². The molecule has 1 amide bonds. The molecule has 1 N–H and O–H groups in total. The monoisotopic (exact) mass is 392 g/mol. The fourth-order valence-corrected chi connectivity index (χ4v) is 3.95. The van der Waals surface area contributed by atoms with E-state index in [1.165, 1.54) is 11.8 Å². The lowest BCUT2D eigenvalue weighted by Gasteiger charge is -2.12. The van der Waals surface area contributed by atoms with Crippen LogP contribution in [0.5, 0.6) is 5.75 Å². The number of carbonyl (C=O) groups excluding carboxylic acids is 1. The number of amides is 1. The van der Waals surface area contributed by atoms with Gasteiger partial charge in [0.2, 0.25) is 5.91 Å². The number of aromatic nitrogens is 3. The van der Waals surface area contributed by atoms with Gasteiger partial charge in [0.1, 0.15) is 5.75 Å². The molecule has 2 heterocycles. The predicted molar refractivity (Wildman–Crippen MR) is 112 cm³/mol. The van der Waals surface area contributed by atoms with Gasteiger partial charge in [-0.3, -0.25) is 9.20 Å². The van der Waals surface area contributed by atoms with Gasteiger partial charge in [-0.25, -0.2) is 0 Å². The number of aryl methyl sites for hydroxylation is 1. The summed E-state index contributed by atoms with van der Waals surface area (Å²) < 4.78 is 7.36. The molecule has 7 heteroatoms. The molecule has 142 valence electrons. The number of carbonyl (C=O) groups is 1. The van der Waals surface area contributed by atoms with Crippen molar-refractivity contribution in [1.29, 1.82) is 0 Å². The van der Waals surface area contributed by atoms with E-state index >= 15 is 0 Å². The molecule has 0 aliphatic heterocycles. The molecule has 1 unspecified atom stereocenters. The molecule has 6 nitrogen and oxygen atoms in total. The number of methoxy groups -OCH3 is 1. The van der Waals surface area contributed by atoms with E-state index in [4.69, 9.17) is 4.74 Å². The Bertz CT molecular complexity index is 1160. The molecule has 2 aromatic heterocycles. The molecule has 0 aliphatic rings. The summed E-state index contributed by atoms with van der Waals surface area (Å²) in [6.07, 6.45) is 0. The lowest BCUT2D eigenvalue weighted by atomic mass is 10.1. The highest BCUT2D eigenvalue weighted by atomic mass is 32.2. The van der Waals surface area contributed by atoms with Crippen molar-refractivity contribution >= 4 is 39.9 Å². The van der Waals surface area contributed by atoms with Crippen LogP contribution in [0.25, 0.3) is 16.6 Å². The molecule has 4 aromatic rings. The van der Waals surface area contributed by atoms with Crippen molar-refractivity contribution < 1.29 is 9.53 Å². The number of fused-ring (bicyclic) bond motifs is 3. The number of nitrogens with zero attached hydrogens (tertiary/aromatic N) is 3. The average Bonchev–Trinajstić information content (AvgIpc) is 3.10. The van der Waals surface area contributed by atoms with Gasteiger partial charge in [0.15, 0.2) is 10.8 Å². The molecule has 0 spiro atoms. The molecule has 0 saturated carbocycles. The molecule has 4 rings (SSSR count). The summed E-state index contributed by atoms with van der Waals surface area (Å²) in [5, 5.41) is 13.0. The summed E-state index contributed by atoms with van der Waals surface area (Å²) >= 11 is 1.38. The largest absolute Gasteiger partial charge is 0.497 e. The van der Waals surface area contributed by atoms with Gasteiger partial charge in [-0.2, -0.15) is 0 Å². The Labute approximate surface area is 166 Å². The van der Waals surface area contributed by atoms with Crippen LogP contribution in [0.1, 0.15) is 12.5 Å². The lowest BCUT2D eigenvalue weighted by molar-refractivity contribution is -0.115. The van der Waals surface area contributed by atoms with Crippen LogP contribution in [0.4, 0.5) is 5.69 Å². The van der Waals surface area contributed by atoms with E-state index in [0.29, 0.717) is 5.16 Å².